The zero-order chi connectivity index (χ0) is 25.5. The van der Waals surface area contributed by atoms with Gasteiger partial charge in [0.15, 0.2) is 5.82 Å². The number of hydrogen-bond donors (Lipinski definition) is 0. The molecular weight excluding hydrogens is 457 g/mol. The lowest BCUT2D eigenvalue weighted by Crippen LogP contribution is -2.52. The van der Waals surface area contributed by atoms with E-state index in [1.807, 2.05) is 56.3 Å². The van der Waals surface area contributed by atoms with Crippen LogP contribution in [0.25, 0.3) is 11.3 Å². The van der Waals surface area contributed by atoms with Crippen molar-refractivity contribution in [2.75, 3.05) is 44.2 Å². The number of amides is 2. The molecule has 1 atom stereocenters. The number of nitrogens with zero attached hydrogens (tertiary/aromatic N) is 5. The molecule has 0 spiro atoms. The lowest BCUT2D eigenvalue weighted by Gasteiger charge is -2.36. The molecule has 2 amide bonds. The molecule has 0 unspecified atom stereocenters. The van der Waals surface area contributed by atoms with Crippen LogP contribution in [0.5, 0.6) is 0 Å². The lowest BCUT2D eigenvalue weighted by atomic mass is 10.1. The molecule has 0 radical (unpaired) electrons. The van der Waals surface area contributed by atoms with Crippen molar-refractivity contribution in [1.82, 2.24) is 20.0 Å². The fourth-order valence-electron chi connectivity index (χ4n) is 4.23. The number of aromatic nitrogens is 2. The molecule has 36 heavy (non-hydrogen) atoms. The van der Waals surface area contributed by atoms with Gasteiger partial charge in [-0.25, -0.2) is 4.39 Å². The van der Waals surface area contributed by atoms with Gasteiger partial charge in [0.25, 0.3) is 5.91 Å². The minimum absolute atomic E-state index is 0.0226. The standard InChI is InChI=1S/C28H32FN5O2/c1-3-21(2)19-34(28(36)23-10-7-11-24(29)18-23)20-27(35)33-16-14-32(15-17-33)26-13-12-25(30-31-26)22-8-5-4-6-9-22/h4-13,18,21H,3,14-17,19-20H2,1-2H3/t21-/m0/s1. The molecule has 0 aliphatic carbocycles. The number of rotatable bonds is 8. The van der Waals surface area contributed by atoms with Crippen molar-refractivity contribution in [3.8, 4) is 11.3 Å². The van der Waals surface area contributed by atoms with Crippen molar-refractivity contribution >= 4 is 17.6 Å². The van der Waals surface area contributed by atoms with Crippen LogP contribution in [0.15, 0.2) is 66.7 Å². The number of hydrogen-bond acceptors (Lipinski definition) is 5. The first-order valence-corrected chi connectivity index (χ1v) is 12.4. The molecule has 1 fully saturated rings. The number of halogens is 1. The van der Waals surface area contributed by atoms with Gasteiger partial charge in [-0.05, 0) is 36.2 Å². The van der Waals surface area contributed by atoms with Crippen molar-refractivity contribution in [3.63, 3.8) is 0 Å². The van der Waals surface area contributed by atoms with Crippen LogP contribution in [0, 0.1) is 11.7 Å². The topological polar surface area (TPSA) is 69.6 Å². The summed E-state index contributed by atoms with van der Waals surface area (Å²) in [6, 6.07) is 19.4. The van der Waals surface area contributed by atoms with Gasteiger partial charge < -0.3 is 14.7 Å². The second kappa shape index (κ2) is 11.7. The lowest BCUT2D eigenvalue weighted by molar-refractivity contribution is -0.132. The van der Waals surface area contributed by atoms with E-state index in [1.54, 1.807) is 15.9 Å². The zero-order valence-electron chi connectivity index (χ0n) is 20.8. The van der Waals surface area contributed by atoms with Crippen LogP contribution < -0.4 is 4.90 Å². The zero-order valence-corrected chi connectivity index (χ0v) is 20.8. The van der Waals surface area contributed by atoms with E-state index < -0.39 is 5.82 Å². The third kappa shape index (κ3) is 6.24. The van der Waals surface area contributed by atoms with E-state index in [0.717, 1.165) is 23.5 Å². The first-order chi connectivity index (χ1) is 17.4. The Labute approximate surface area is 211 Å². The van der Waals surface area contributed by atoms with Crippen molar-refractivity contribution in [1.29, 1.82) is 0 Å². The smallest absolute Gasteiger partial charge is 0.254 e. The third-order valence-corrected chi connectivity index (χ3v) is 6.59. The molecule has 8 heteroatoms. The summed E-state index contributed by atoms with van der Waals surface area (Å²) in [6.45, 7) is 6.85. The predicted molar refractivity (Wildman–Crippen MR) is 138 cm³/mol. The molecule has 3 aromatic rings. The summed E-state index contributed by atoms with van der Waals surface area (Å²) in [7, 11) is 0. The molecular formula is C28H32FN5O2. The van der Waals surface area contributed by atoms with Gasteiger partial charge in [0, 0.05) is 43.9 Å². The normalized spacial score (nSPS) is 14.4. The van der Waals surface area contributed by atoms with Crippen molar-refractivity contribution in [2.45, 2.75) is 20.3 Å². The Morgan fingerprint density at radius 3 is 2.36 bits per heavy atom. The molecule has 1 aliphatic rings. The van der Waals surface area contributed by atoms with E-state index in [9.17, 15) is 14.0 Å². The van der Waals surface area contributed by atoms with E-state index >= 15 is 0 Å². The Bertz CT molecular complexity index is 1160. The maximum Gasteiger partial charge on any atom is 0.254 e. The van der Waals surface area contributed by atoms with Crippen molar-refractivity contribution in [3.05, 3.63) is 78.1 Å². The summed E-state index contributed by atoms with van der Waals surface area (Å²) >= 11 is 0. The van der Waals surface area contributed by atoms with Crippen LogP contribution in [0.1, 0.15) is 30.6 Å². The second-order valence-corrected chi connectivity index (χ2v) is 9.22. The average Bonchev–Trinajstić information content (AvgIpc) is 2.92. The highest BCUT2D eigenvalue weighted by Crippen LogP contribution is 2.19. The van der Waals surface area contributed by atoms with Crippen molar-refractivity contribution in [2.24, 2.45) is 5.92 Å². The van der Waals surface area contributed by atoms with Crippen LogP contribution in [-0.4, -0.2) is 71.1 Å². The van der Waals surface area contributed by atoms with Crippen LogP contribution in [0.2, 0.25) is 0 Å². The summed E-state index contributed by atoms with van der Waals surface area (Å²) < 4.78 is 13.7. The first kappa shape index (κ1) is 25.3. The van der Waals surface area contributed by atoms with Gasteiger partial charge >= 0.3 is 0 Å². The molecule has 7 nitrogen and oxygen atoms in total. The van der Waals surface area contributed by atoms with Gasteiger partial charge in [0.1, 0.15) is 12.4 Å². The van der Waals surface area contributed by atoms with Crippen LogP contribution in [0.3, 0.4) is 0 Å². The minimum Gasteiger partial charge on any atom is -0.352 e. The minimum atomic E-state index is -0.466. The molecule has 1 aromatic heterocycles. The SMILES string of the molecule is CC[C@H](C)CN(CC(=O)N1CCN(c2ccc(-c3ccccc3)nn2)CC1)C(=O)c1cccc(F)c1. The summed E-state index contributed by atoms with van der Waals surface area (Å²) in [5, 5.41) is 8.76. The molecule has 0 saturated carbocycles. The van der Waals surface area contributed by atoms with Gasteiger partial charge in [0.2, 0.25) is 5.91 Å². The highest BCUT2D eigenvalue weighted by Gasteiger charge is 2.26. The first-order valence-electron chi connectivity index (χ1n) is 12.4. The summed E-state index contributed by atoms with van der Waals surface area (Å²) in [5.41, 5.74) is 2.09. The number of benzene rings is 2. The van der Waals surface area contributed by atoms with Gasteiger partial charge in [0.05, 0.1) is 5.69 Å². The van der Waals surface area contributed by atoms with Crippen LogP contribution in [0.4, 0.5) is 10.2 Å². The molecule has 2 heterocycles. The second-order valence-electron chi connectivity index (χ2n) is 9.22. The Hall–Kier alpha value is -3.81. The maximum atomic E-state index is 13.7. The molecule has 0 N–H and O–H groups in total. The van der Waals surface area contributed by atoms with Gasteiger partial charge in [-0.3, -0.25) is 9.59 Å². The van der Waals surface area contributed by atoms with E-state index in [2.05, 4.69) is 15.1 Å². The predicted octanol–water partition coefficient (Wildman–Crippen LogP) is 4.12. The molecule has 1 saturated heterocycles. The third-order valence-electron chi connectivity index (χ3n) is 6.59. The molecule has 0 bridgehead atoms. The number of carbonyl (C=O) groups excluding carboxylic acids is 2. The van der Waals surface area contributed by atoms with E-state index in [1.165, 1.54) is 18.2 Å². The largest absolute Gasteiger partial charge is 0.352 e. The Balaban J connectivity index is 1.36. The molecule has 2 aromatic carbocycles. The average molecular weight is 490 g/mol. The molecule has 188 valence electrons. The quantitative estimate of drug-likeness (QED) is 0.476. The number of piperazine rings is 1. The molecule has 1 aliphatic heterocycles. The summed E-state index contributed by atoms with van der Waals surface area (Å²) in [4.78, 5) is 31.7. The van der Waals surface area contributed by atoms with Crippen molar-refractivity contribution < 1.29 is 14.0 Å². The molecule has 4 rings (SSSR count). The monoisotopic (exact) mass is 489 g/mol. The van der Waals surface area contributed by atoms with Crippen LogP contribution >= 0.6 is 0 Å². The maximum absolute atomic E-state index is 13.7. The highest BCUT2D eigenvalue weighted by atomic mass is 19.1. The highest BCUT2D eigenvalue weighted by molar-refractivity contribution is 5.96. The van der Waals surface area contributed by atoms with Gasteiger partial charge in [-0.2, -0.15) is 0 Å². The van der Waals surface area contributed by atoms with E-state index in [4.69, 9.17) is 0 Å². The van der Waals surface area contributed by atoms with E-state index in [0.29, 0.717) is 32.7 Å². The fourth-order valence-corrected chi connectivity index (χ4v) is 4.23. The Morgan fingerprint density at radius 1 is 0.972 bits per heavy atom. The Morgan fingerprint density at radius 2 is 1.72 bits per heavy atom. The number of carbonyl (C=O) groups is 2. The van der Waals surface area contributed by atoms with Crippen LogP contribution in [-0.2, 0) is 4.79 Å². The fraction of sp³-hybridized carbons (Fsp3) is 0.357. The van der Waals surface area contributed by atoms with Gasteiger partial charge in [-0.15, -0.1) is 10.2 Å². The van der Waals surface area contributed by atoms with E-state index in [-0.39, 0.29) is 29.8 Å². The Kier molecular flexibility index (Phi) is 8.25. The number of anilines is 1. The summed E-state index contributed by atoms with van der Waals surface area (Å²) in [5.74, 6) is 0.113. The van der Waals surface area contributed by atoms with Gasteiger partial charge in [-0.1, -0.05) is 56.7 Å². The summed E-state index contributed by atoms with van der Waals surface area (Å²) in [6.07, 6.45) is 0.879.